The van der Waals surface area contributed by atoms with Crippen LogP contribution >= 0.6 is 23.2 Å². The molecule has 17 heavy (non-hydrogen) atoms. The number of aliphatic hydroxyl groups is 1. The molecular formula is C10H16Cl2N4O. The number of halogens is 2. The molecule has 0 aliphatic carbocycles. The summed E-state index contributed by atoms with van der Waals surface area (Å²) < 4.78 is 0. The lowest BCUT2D eigenvalue weighted by Crippen LogP contribution is -2.45. The second-order valence-corrected chi connectivity index (χ2v) is 5.11. The first-order valence-corrected chi connectivity index (χ1v) is 5.76. The minimum atomic E-state index is -0.490. The van der Waals surface area contributed by atoms with Gasteiger partial charge >= 0.3 is 0 Å². The molecule has 1 aromatic heterocycles. The number of rotatable bonds is 4. The highest BCUT2D eigenvalue weighted by atomic mass is 35.5. The molecule has 0 aromatic carbocycles. The van der Waals surface area contributed by atoms with E-state index in [9.17, 15) is 5.11 Å². The summed E-state index contributed by atoms with van der Waals surface area (Å²) in [6.45, 7) is 3.71. The maximum absolute atomic E-state index is 9.32. The van der Waals surface area contributed by atoms with Crippen molar-refractivity contribution in [3.8, 4) is 0 Å². The lowest BCUT2D eigenvalue weighted by molar-refractivity contribution is 0.215. The number of hydrogen-bond acceptors (Lipinski definition) is 5. The van der Waals surface area contributed by atoms with Crippen LogP contribution in [0.4, 0.5) is 11.6 Å². The minimum absolute atomic E-state index is 0.0322. The number of likely N-dealkylation sites (N-methyl/N-ethyl adjacent to an activating group) is 1. The highest BCUT2D eigenvalue weighted by Gasteiger charge is 2.26. The maximum Gasteiger partial charge on any atom is 0.161 e. The van der Waals surface area contributed by atoms with E-state index in [0.29, 0.717) is 21.7 Å². The third kappa shape index (κ3) is 2.93. The molecule has 4 N–H and O–H groups in total. The zero-order chi connectivity index (χ0) is 13.2. The molecule has 0 unspecified atom stereocenters. The molecule has 0 aliphatic heterocycles. The van der Waals surface area contributed by atoms with Crippen molar-refractivity contribution in [2.45, 2.75) is 19.4 Å². The standard InChI is InChI=1S/C10H16Cl2N4O/c1-10(2,5-17)16(3)9-7(12)4-6(11)8(14-9)15-13/h4,17H,5,13H2,1-3H3,(H,14,15). The molecule has 0 atom stereocenters. The number of nitrogens with zero attached hydrogens (tertiary/aromatic N) is 2. The molecule has 0 aliphatic rings. The van der Waals surface area contributed by atoms with Gasteiger partial charge in [0.15, 0.2) is 5.82 Å². The molecule has 1 aromatic rings. The Morgan fingerprint density at radius 3 is 2.53 bits per heavy atom. The third-order valence-corrected chi connectivity index (χ3v) is 3.23. The van der Waals surface area contributed by atoms with Gasteiger partial charge in [0, 0.05) is 7.05 Å². The van der Waals surface area contributed by atoms with Gasteiger partial charge in [-0.2, -0.15) is 0 Å². The van der Waals surface area contributed by atoms with Crippen LogP contribution in [0.15, 0.2) is 6.07 Å². The number of anilines is 2. The Morgan fingerprint density at radius 1 is 1.47 bits per heavy atom. The van der Waals surface area contributed by atoms with E-state index in [2.05, 4.69) is 10.4 Å². The van der Waals surface area contributed by atoms with Crippen LogP contribution in [0.5, 0.6) is 0 Å². The first-order chi connectivity index (χ1) is 7.83. The van der Waals surface area contributed by atoms with Crippen molar-refractivity contribution in [2.75, 3.05) is 24.0 Å². The third-order valence-electron chi connectivity index (χ3n) is 2.66. The molecule has 1 rings (SSSR count). The van der Waals surface area contributed by atoms with Crippen LogP contribution in [0.1, 0.15) is 13.8 Å². The van der Waals surface area contributed by atoms with Crippen molar-refractivity contribution in [3.63, 3.8) is 0 Å². The van der Waals surface area contributed by atoms with Crippen molar-refractivity contribution < 1.29 is 5.11 Å². The second kappa shape index (κ2) is 5.27. The molecular weight excluding hydrogens is 263 g/mol. The molecule has 0 fully saturated rings. The van der Waals surface area contributed by atoms with Crippen molar-refractivity contribution >= 4 is 34.8 Å². The van der Waals surface area contributed by atoms with Gasteiger partial charge in [-0.25, -0.2) is 10.8 Å². The Labute approximate surface area is 110 Å². The summed E-state index contributed by atoms with van der Waals surface area (Å²) >= 11 is 12.0. The van der Waals surface area contributed by atoms with Gasteiger partial charge in [-0.1, -0.05) is 23.2 Å². The zero-order valence-electron chi connectivity index (χ0n) is 9.96. The quantitative estimate of drug-likeness (QED) is 0.579. The van der Waals surface area contributed by atoms with Gasteiger partial charge in [-0.3, -0.25) is 0 Å². The van der Waals surface area contributed by atoms with Gasteiger partial charge in [-0.05, 0) is 19.9 Å². The van der Waals surface area contributed by atoms with E-state index in [1.165, 1.54) is 0 Å². The number of aliphatic hydroxyl groups excluding tert-OH is 1. The second-order valence-electron chi connectivity index (χ2n) is 4.30. The molecule has 0 saturated carbocycles. The summed E-state index contributed by atoms with van der Waals surface area (Å²) in [7, 11) is 1.79. The molecule has 0 radical (unpaired) electrons. The molecule has 7 heteroatoms. The number of pyridine rings is 1. The van der Waals surface area contributed by atoms with Crippen LogP contribution in [-0.4, -0.2) is 29.3 Å². The maximum atomic E-state index is 9.32. The Hall–Kier alpha value is -0.750. The van der Waals surface area contributed by atoms with Gasteiger partial charge in [0.25, 0.3) is 0 Å². The van der Waals surface area contributed by atoms with Crippen molar-refractivity contribution in [1.82, 2.24) is 4.98 Å². The van der Waals surface area contributed by atoms with Gasteiger partial charge in [0.1, 0.15) is 5.82 Å². The fourth-order valence-electron chi connectivity index (χ4n) is 1.19. The summed E-state index contributed by atoms with van der Waals surface area (Å²) in [4.78, 5) is 5.99. The number of hydrogen-bond donors (Lipinski definition) is 3. The molecule has 1 heterocycles. The number of aromatic nitrogens is 1. The molecule has 0 saturated heterocycles. The first-order valence-electron chi connectivity index (χ1n) is 5.01. The molecule has 5 nitrogen and oxygen atoms in total. The summed E-state index contributed by atoms with van der Waals surface area (Å²) in [6, 6.07) is 1.56. The summed E-state index contributed by atoms with van der Waals surface area (Å²) in [5.74, 6) is 6.15. The fraction of sp³-hybridized carbons (Fsp3) is 0.500. The van der Waals surface area contributed by atoms with Crippen LogP contribution in [0, 0.1) is 0 Å². The van der Waals surface area contributed by atoms with Crippen molar-refractivity contribution in [2.24, 2.45) is 5.84 Å². The lowest BCUT2D eigenvalue weighted by atomic mass is 10.1. The summed E-state index contributed by atoms with van der Waals surface area (Å²) in [5, 5.41) is 10.1. The van der Waals surface area contributed by atoms with E-state index >= 15 is 0 Å². The normalized spacial score (nSPS) is 11.5. The molecule has 96 valence electrons. The van der Waals surface area contributed by atoms with E-state index < -0.39 is 5.54 Å². The number of hydrazine groups is 1. The van der Waals surface area contributed by atoms with Crippen molar-refractivity contribution in [3.05, 3.63) is 16.1 Å². The Balaban J connectivity index is 3.22. The minimum Gasteiger partial charge on any atom is -0.394 e. The predicted molar refractivity (Wildman–Crippen MR) is 71.6 cm³/mol. The van der Waals surface area contributed by atoms with Crippen LogP contribution in [0.2, 0.25) is 10.0 Å². The Kier molecular flexibility index (Phi) is 4.43. The van der Waals surface area contributed by atoms with E-state index in [1.54, 1.807) is 18.0 Å². The summed E-state index contributed by atoms with van der Waals surface area (Å²) in [5.41, 5.74) is 1.91. The summed E-state index contributed by atoms with van der Waals surface area (Å²) in [6.07, 6.45) is 0. The average molecular weight is 279 g/mol. The van der Waals surface area contributed by atoms with Crippen LogP contribution in [-0.2, 0) is 0 Å². The van der Waals surface area contributed by atoms with Gasteiger partial charge in [0.2, 0.25) is 0 Å². The topological polar surface area (TPSA) is 74.4 Å². The molecule has 0 amide bonds. The van der Waals surface area contributed by atoms with Crippen molar-refractivity contribution in [1.29, 1.82) is 0 Å². The van der Waals surface area contributed by atoms with Crippen LogP contribution in [0.3, 0.4) is 0 Å². The van der Waals surface area contributed by atoms with E-state index in [0.717, 1.165) is 0 Å². The molecule has 0 bridgehead atoms. The van der Waals surface area contributed by atoms with Crippen LogP contribution in [0.25, 0.3) is 0 Å². The average Bonchev–Trinajstić information content (AvgIpc) is 2.28. The number of nitrogen functional groups attached to an aromatic ring is 1. The van der Waals surface area contributed by atoms with Gasteiger partial charge < -0.3 is 15.4 Å². The number of nitrogens with two attached hydrogens (primary N) is 1. The van der Waals surface area contributed by atoms with Crippen LogP contribution < -0.4 is 16.2 Å². The first kappa shape index (κ1) is 14.3. The van der Waals surface area contributed by atoms with E-state index in [-0.39, 0.29) is 6.61 Å². The lowest BCUT2D eigenvalue weighted by Gasteiger charge is -2.35. The predicted octanol–water partition coefficient (Wildman–Crippen LogP) is 1.88. The zero-order valence-corrected chi connectivity index (χ0v) is 11.5. The fourth-order valence-corrected chi connectivity index (χ4v) is 1.73. The van der Waals surface area contributed by atoms with E-state index in [1.807, 2.05) is 13.8 Å². The van der Waals surface area contributed by atoms with Gasteiger partial charge in [-0.15, -0.1) is 0 Å². The highest BCUT2D eigenvalue weighted by Crippen LogP contribution is 2.33. The van der Waals surface area contributed by atoms with Gasteiger partial charge in [0.05, 0.1) is 22.2 Å². The Morgan fingerprint density at radius 2 is 2.06 bits per heavy atom. The monoisotopic (exact) mass is 278 g/mol. The smallest absolute Gasteiger partial charge is 0.161 e. The largest absolute Gasteiger partial charge is 0.394 e. The Bertz CT molecular complexity index is 412. The highest BCUT2D eigenvalue weighted by molar-refractivity contribution is 6.37. The van der Waals surface area contributed by atoms with E-state index in [4.69, 9.17) is 29.0 Å². The SMILES string of the molecule is CN(c1nc(NN)c(Cl)cc1Cl)C(C)(C)CO. The molecule has 0 spiro atoms. The number of nitrogens with one attached hydrogen (secondary N) is 1.